The molecule has 0 aliphatic rings. The number of ether oxygens (including phenoxy) is 1. The third kappa shape index (κ3) is 6.21. The summed E-state index contributed by atoms with van der Waals surface area (Å²) in [6.07, 6.45) is 0. The summed E-state index contributed by atoms with van der Waals surface area (Å²) < 4.78 is 5.35. The molecule has 3 N–H and O–H groups in total. The van der Waals surface area contributed by atoms with Gasteiger partial charge in [0.05, 0.1) is 13.2 Å². The molecule has 134 valence electrons. The fraction of sp³-hybridized carbons (Fsp3) is 0.350. The Morgan fingerprint density at radius 2 is 1.68 bits per heavy atom. The molecule has 1 atom stereocenters. The van der Waals surface area contributed by atoms with E-state index in [2.05, 4.69) is 10.6 Å². The van der Waals surface area contributed by atoms with E-state index in [0.717, 1.165) is 16.7 Å². The Labute approximate surface area is 149 Å². The number of hydrogen-bond acceptors (Lipinski definition) is 3. The van der Waals surface area contributed by atoms with Crippen LogP contribution in [0.2, 0.25) is 0 Å². The monoisotopic (exact) mass is 342 g/mol. The summed E-state index contributed by atoms with van der Waals surface area (Å²) in [7, 11) is 0. The van der Waals surface area contributed by atoms with Gasteiger partial charge in [0.2, 0.25) is 0 Å². The average molecular weight is 342 g/mol. The van der Waals surface area contributed by atoms with E-state index in [0.29, 0.717) is 19.8 Å². The van der Waals surface area contributed by atoms with Crippen LogP contribution in [-0.4, -0.2) is 24.3 Å². The molecule has 2 aromatic rings. The highest BCUT2D eigenvalue weighted by Gasteiger charge is 2.23. The summed E-state index contributed by atoms with van der Waals surface area (Å²) in [6, 6.07) is 16.9. The zero-order valence-electron chi connectivity index (χ0n) is 14.8. The Morgan fingerprint density at radius 1 is 1.04 bits per heavy atom. The topological polar surface area (TPSA) is 70.6 Å². The van der Waals surface area contributed by atoms with Gasteiger partial charge in [0.15, 0.2) is 0 Å². The Bertz CT molecular complexity index is 654. The summed E-state index contributed by atoms with van der Waals surface area (Å²) in [5, 5.41) is 16.0. The third-order valence-corrected chi connectivity index (χ3v) is 3.94. The largest absolute Gasteiger partial charge is 0.384 e. The lowest BCUT2D eigenvalue weighted by Gasteiger charge is -2.24. The smallest absolute Gasteiger partial charge is 0.315 e. The predicted octanol–water partition coefficient (Wildman–Crippen LogP) is 2.93. The fourth-order valence-corrected chi connectivity index (χ4v) is 2.37. The molecule has 1 unspecified atom stereocenters. The van der Waals surface area contributed by atoms with Crippen LogP contribution < -0.4 is 10.6 Å². The Balaban J connectivity index is 1.77. The number of benzene rings is 2. The Morgan fingerprint density at radius 3 is 2.32 bits per heavy atom. The quantitative estimate of drug-likeness (QED) is 0.691. The lowest BCUT2D eigenvalue weighted by Crippen LogP contribution is -2.43. The minimum Gasteiger partial charge on any atom is -0.384 e. The van der Waals surface area contributed by atoms with Gasteiger partial charge in [-0.3, -0.25) is 0 Å². The van der Waals surface area contributed by atoms with E-state index in [1.165, 1.54) is 0 Å². The van der Waals surface area contributed by atoms with Gasteiger partial charge in [0.1, 0.15) is 5.60 Å². The van der Waals surface area contributed by atoms with Crippen LogP contribution in [0.5, 0.6) is 0 Å². The van der Waals surface area contributed by atoms with Crippen molar-refractivity contribution in [3.05, 3.63) is 71.3 Å². The minimum absolute atomic E-state index is 0.135. The summed E-state index contributed by atoms with van der Waals surface area (Å²) in [5.74, 6) is 0. The highest BCUT2D eigenvalue weighted by Crippen LogP contribution is 2.18. The van der Waals surface area contributed by atoms with E-state index in [4.69, 9.17) is 4.74 Å². The third-order valence-electron chi connectivity index (χ3n) is 3.94. The van der Waals surface area contributed by atoms with Gasteiger partial charge in [-0.25, -0.2) is 4.79 Å². The molecule has 0 saturated heterocycles. The second-order valence-corrected chi connectivity index (χ2v) is 6.13. The van der Waals surface area contributed by atoms with Crippen molar-refractivity contribution in [2.75, 3.05) is 13.2 Å². The molecule has 0 bridgehead atoms. The van der Waals surface area contributed by atoms with Crippen molar-refractivity contribution < 1.29 is 14.6 Å². The second kappa shape index (κ2) is 9.20. The van der Waals surface area contributed by atoms with E-state index >= 15 is 0 Å². The number of carbonyl (C=O) groups is 1. The molecule has 0 heterocycles. The first-order chi connectivity index (χ1) is 12.0. The summed E-state index contributed by atoms with van der Waals surface area (Å²) in [5.41, 5.74) is 1.76. The van der Waals surface area contributed by atoms with Gasteiger partial charge < -0.3 is 20.5 Å². The lowest BCUT2D eigenvalue weighted by molar-refractivity contribution is 0.0594. The first-order valence-corrected chi connectivity index (χ1v) is 8.46. The number of rotatable bonds is 8. The first-order valence-electron chi connectivity index (χ1n) is 8.46. The first kappa shape index (κ1) is 19.0. The lowest BCUT2D eigenvalue weighted by atomic mass is 9.96. The molecule has 0 aliphatic carbocycles. The molecule has 0 saturated carbocycles. The SMILES string of the molecule is CCOCc1ccc(CNC(=O)NCC(C)(O)c2ccccc2)cc1. The number of carbonyl (C=O) groups excluding carboxylic acids is 1. The number of hydrogen-bond donors (Lipinski definition) is 3. The summed E-state index contributed by atoms with van der Waals surface area (Å²) >= 11 is 0. The van der Waals surface area contributed by atoms with Crippen LogP contribution in [0.3, 0.4) is 0 Å². The average Bonchev–Trinajstić information content (AvgIpc) is 2.64. The molecule has 5 heteroatoms. The molecule has 5 nitrogen and oxygen atoms in total. The molecule has 2 amide bonds. The van der Waals surface area contributed by atoms with Crippen LogP contribution in [0, 0.1) is 0 Å². The van der Waals surface area contributed by atoms with Gasteiger partial charge in [-0.1, -0.05) is 54.6 Å². The maximum atomic E-state index is 11.9. The number of urea groups is 1. The molecule has 0 radical (unpaired) electrons. The molecule has 2 rings (SSSR count). The normalized spacial score (nSPS) is 13.1. The molecular weight excluding hydrogens is 316 g/mol. The van der Waals surface area contributed by atoms with Crippen LogP contribution in [0.25, 0.3) is 0 Å². The van der Waals surface area contributed by atoms with E-state index in [9.17, 15) is 9.90 Å². The van der Waals surface area contributed by atoms with Crippen LogP contribution in [-0.2, 0) is 23.5 Å². The zero-order chi connectivity index (χ0) is 18.1. The van der Waals surface area contributed by atoms with Gasteiger partial charge in [0.25, 0.3) is 0 Å². The Kier molecular flexibility index (Phi) is 6.98. The molecule has 0 spiro atoms. The molecule has 25 heavy (non-hydrogen) atoms. The van der Waals surface area contributed by atoms with Gasteiger partial charge in [-0.2, -0.15) is 0 Å². The highest BCUT2D eigenvalue weighted by atomic mass is 16.5. The minimum atomic E-state index is -1.11. The van der Waals surface area contributed by atoms with Gasteiger partial charge >= 0.3 is 6.03 Å². The van der Waals surface area contributed by atoms with Gasteiger partial charge in [-0.15, -0.1) is 0 Å². The van der Waals surface area contributed by atoms with Crippen molar-refractivity contribution in [2.24, 2.45) is 0 Å². The van der Waals surface area contributed by atoms with E-state index in [1.807, 2.05) is 61.5 Å². The van der Waals surface area contributed by atoms with Crippen LogP contribution in [0.4, 0.5) is 4.79 Å². The van der Waals surface area contributed by atoms with Crippen molar-refractivity contribution in [1.29, 1.82) is 0 Å². The molecular formula is C20H26N2O3. The van der Waals surface area contributed by atoms with E-state index in [-0.39, 0.29) is 12.6 Å². The van der Waals surface area contributed by atoms with E-state index in [1.54, 1.807) is 6.92 Å². The fourth-order valence-electron chi connectivity index (χ4n) is 2.37. The predicted molar refractivity (Wildman–Crippen MR) is 98.0 cm³/mol. The van der Waals surface area contributed by atoms with Crippen LogP contribution in [0.15, 0.2) is 54.6 Å². The maximum absolute atomic E-state index is 11.9. The van der Waals surface area contributed by atoms with Gasteiger partial charge in [-0.05, 0) is 30.5 Å². The van der Waals surface area contributed by atoms with Crippen molar-refractivity contribution in [1.82, 2.24) is 10.6 Å². The van der Waals surface area contributed by atoms with Crippen molar-refractivity contribution in [2.45, 2.75) is 32.6 Å². The summed E-state index contributed by atoms with van der Waals surface area (Å²) in [6.45, 7) is 5.49. The standard InChI is InChI=1S/C20H26N2O3/c1-3-25-14-17-11-9-16(10-12-17)13-21-19(23)22-15-20(2,24)18-7-5-4-6-8-18/h4-12,24H,3,13-15H2,1-2H3,(H2,21,22,23). The van der Waals surface area contributed by atoms with Crippen molar-refractivity contribution >= 4 is 6.03 Å². The van der Waals surface area contributed by atoms with Crippen molar-refractivity contribution in [3.8, 4) is 0 Å². The Hall–Kier alpha value is -2.37. The molecule has 2 aromatic carbocycles. The number of amides is 2. The molecule has 0 aliphatic heterocycles. The van der Waals surface area contributed by atoms with E-state index < -0.39 is 5.60 Å². The van der Waals surface area contributed by atoms with Crippen LogP contribution in [0.1, 0.15) is 30.5 Å². The zero-order valence-corrected chi connectivity index (χ0v) is 14.8. The highest BCUT2D eigenvalue weighted by molar-refractivity contribution is 5.73. The number of aliphatic hydroxyl groups is 1. The van der Waals surface area contributed by atoms with Gasteiger partial charge in [0, 0.05) is 13.2 Å². The molecule has 0 fully saturated rings. The summed E-state index contributed by atoms with van der Waals surface area (Å²) in [4.78, 5) is 11.9. The van der Waals surface area contributed by atoms with Crippen molar-refractivity contribution in [3.63, 3.8) is 0 Å². The maximum Gasteiger partial charge on any atom is 0.315 e. The molecule has 0 aromatic heterocycles. The second-order valence-electron chi connectivity index (χ2n) is 6.13. The number of nitrogens with one attached hydrogen (secondary N) is 2. The van der Waals surface area contributed by atoms with Crippen LogP contribution >= 0.6 is 0 Å².